The highest BCUT2D eigenvalue weighted by Crippen LogP contribution is 2.25. The third kappa shape index (κ3) is 5.23. The molecule has 1 fully saturated rings. The van der Waals surface area contributed by atoms with Crippen LogP contribution in [0.5, 0.6) is 5.75 Å². The fraction of sp³-hybridized carbons (Fsp3) is 0.333. The lowest BCUT2D eigenvalue weighted by Crippen LogP contribution is -2.29. The van der Waals surface area contributed by atoms with Gasteiger partial charge in [-0.05, 0) is 43.2 Å². The third-order valence-corrected chi connectivity index (χ3v) is 6.44. The Morgan fingerprint density at radius 1 is 1.24 bits per heavy atom. The van der Waals surface area contributed by atoms with Crippen LogP contribution in [-0.4, -0.2) is 54.1 Å². The van der Waals surface area contributed by atoms with Crippen LogP contribution in [0.1, 0.15) is 23.2 Å². The van der Waals surface area contributed by atoms with Gasteiger partial charge in [0.15, 0.2) is 5.16 Å². The van der Waals surface area contributed by atoms with Crippen LogP contribution in [0, 0.1) is 0 Å². The van der Waals surface area contributed by atoms with Gasteiger partial charge in [-0.3, -0.25) is 14.2 Å². The number of nitrogens with zero attached hydrogens (tertiary/aromatic N) is 2. The lowest BCUT2D eigenvalue weighted by atomic mass is 10.1. The van der Waals surface area contributed by atoms with Gasteiger partial charge in [-0.15, -0.1) is 0 Å². The van der Waals surface area contributed by atoms with Crippen LogP contribution in [0.15, 0.2) is 52.4 Å². The molecule has 2 heterocycles. The van der Waals surface area contributed by atoms with Gasteiger partial charge >= 0.3 is 5.97 Å². The predicted octanol–water partition coefficient (Wildman–Crippen LogP) is 3.10. The van der Waals surface area contributed by atoms with E-state index >= 15 is 0 Å². The molecule has 2 aromatic carbocycles. The number of para-hydroxylation sites is 2. The Morgan fingerprint density at radius 2 is 2.06 bits per heavy atom. The number of rotatable bonds is 8. The minimum atomic E-state index is -0.516. The van der Waals surface area contributed by atoms with Crippen molar-refractivity contribution in [3.63, 3.8) is 0 Å². The second kappa shape index (κ2) is 10.7. The molecule has 0 unspecified atom stereocenters. The van der Waals surface area contributed by atoms with Crippen molar-refractivity contribution < 1.29 is 23.8 Å². The molecule has 1 amide bonds. The maximum Gasteiger partial charge on any atom is 0.337 e. The van der Waals surface area contributed by atoms with Gasteiger partial charge in [-0.2, -0.15) is 0 Å². The van der Waals surface area contributed by atoms with Crippen LogP contribution in [0.4, 0.5) is 5.69 Å². The van der Waals surface area contributed by atoms with E-state index in [4.69, 9.17) is 14.2 Å². The number of ether oxygens (including phenoxy) is 3. The maximum atomic E-state index is 13.3. The summed E-state index contributed by atoms with van der Waals surface area (Å²) in [6, 6.07) is 11.8. The van der Waals surface area contributed by atoms with Crippen molar-refractivity contribution >= 4 is 40.2 Å². The molecule has 3 aromatic rings. The molecule has 0 saturated carbocycles. The molecule has 1 saturated heterocycles. The minimum Gasteiger partial charge on any atom is -0.495 e. The summed E-state index contributed by atoms with van der Waals surface area (Å²) in [6.07, 6.45) is 1.70. The molecule has 178 valence electrons. The van der Waals surface area contributed by atoms with E-state index < -0.39 is 5.97 Å². The van der Waals surface area contributed by atoms with Gasteiger partial charge in [-0.25, -0.2) is 9.78 Å². The predicted molar refractivity (Wildman–Crippen MR) is 129 cm³/mol. The van der Waals surface area contributed by atoms with Crippen molar-refractivity contribution in [1.29, 1.82) is 0 Å². The maximum absolute atomic E-state index is 13.3. The number of esters is 1. The summed E-state index contributed by atoms with van der Waals surface area (Å²) in [5.74, 6) is -0.207. The van der Waals surface area contributed by atoms with Gasteiger partial charge < -0.3 is 19.5 Å². The zero-order chi connectivity index (χ0) is 24.1. The zero-order valence-electron chi connectivity index (χ0n) is 18.9. The topological polar surface area (TPSA) is 109 Å². The molecule has 1 aliphatic rings. The quantitative estimate of drug-likeness (QED) is 0.296. The fourth-order valence-electron chi connectivity index (χ4n) is 3.77. The Hall–Kier alpha value is -3.37. The number of benzene rings is 2. The van der Waals surface area contributed by atoms with Crippen molar-refractivity contribution in [3.8, 4) is 5.75 Å². The monoisotopic (exact) mass is 483 g/mol. The first kappa shape index (κ1) is 23.8. The Morgan fingerprint density at radius 3 is 2.79 bits per heavy atom. The molecule has 1 aromatic heterocycles. The minimum absolute atomic E-state index is 0.0260. The van der Waals surface area contributed by atoms with Crippen LogP contribution in [0.25, 0.3) is 10.9 Å². The van der Waals surface area contributed by atoms with Crippen LogP contribution in [0.3, 0.4) is 0 Å². The Kier molecular flexibility index (Phi) is 7.49. The second-order valence-electron chi connectivity index (χ2n) is 7.71. The van der Waals surface area contributed by atoms with Gasteiger partial charge in [0.25, 0.3) is 5.56 Å². The molecule has 9 nitrogen and oxygen atoms in total. The molecule has 1 atom stereocenters. The second-order valence-corrected chi connectivity index (χ2v) is 8.65. The van der Waals surface area contributed by atoms with Gasteiger partial charge in [0.1, 0.15) is 5.75 Å². The third-order valence-electron chi connectivity index (χ3n) is 5.47. The number of carbonyl (C=O) groups is 2. The molecule has 4 rings (SSSR count). The highest BCUT2D eigenvalue weighted by Gasteiger charge is 2.21. The molecule has 0 aliphatic carbocycles. The summed E-state index contributed by atoms with van der Waals surface area (Å²) in [5, 5.41) is 3.58. The highest BCUT2D eigenvalue weighted by molar-refractivity contribution is 7.99. The Bertz CT molecular complexity index is 1270. The number of amides is 1. The van der Waals surface area contributed by atoms with Crippen LogP contribution >= 0.6 is 11.8 Å². The lowest BCUT2D eigenvalue weighted by Gasteiger charge is -2.17. The van der Waals surface area contributed by atoms with E-state index in [1.54, 1.807) is 34.9 Å². The molecule has 1 aliphatic heterocycles. The van der Waals surface area contributed by atoms with Crippen LogP contribution in [0.2, 0.25) is 0 Å². The van der Waals surface area contributed by atoms with Crippen molar-refractivity contribution in [3.05, 3.63) is 58.4 Å². The van der Waals surface area contributed by atoms with E-state index in [-0.39, 0.29) is 23.3 Å². The summed E-state index contributed by atoms with van der Waals surface area (Å²) in [4.78, 5) is 42.6. The number of hydrogen-bond donors (Lipinski definition) is 1. The smallest absolute Gasteiger partial charge is 0.337 e. The first-order chi connectivity index (χ1) is 16.5. The summed E-state index contributed by atoms with van der Waals surface area (Å²) < 4.78 is 17.3. The number of anilines is 1. The standard InChI is InChI=1S/C24H25N3O6S/c1-31-20-8-4-3-7-18(20)25-21(28)14-34-24-26-19-12-15(23(30)32-2)9-10-17(19)22(29)27(24)13-16-6-5-11-33-16/h3-4,7-10,12,16H,5-6,11,13-14H2,1-2H3,(H,25,28)/t16-/m0/s1. The number of methoxy groups -OCH3 is 2. The van der Waals surface area contributed by atoms with E-state index in [1.807, 2.05) is 6.07 Å². The molecule has 0 bridgehead atoms. The lowest BCUT2D eigenvalue weighted by molar-refractivity contribution is -0.113. The van der Waals surface area contributed by atoms with Gasteiger partial charge in [0.05, 0.1) is 54.8 Å². The van der Waals surface area contributed by atoms with Crippen molar-refractivity contribution in [2.45, 2.75) is 30.6 Å². The molecule has 0 spiro atoms. The van der Waals surface area contributed by atoms with E-state index in [9.17, 15) is 14.4 Å². The van der Waals surface area contributed by atoms with Gasteiger partial charge in [0, 0.05) is 6.61 Å². The number of carbonyl (C=O) groups excluding carboxylic acids is 2. The van der Waals surface area contributed by atoms with E-state index in [0.29, 0.717) is 46.2 Å². The fourth-order valence-corrected chi connectivity index (χ4v) is 4.58. The summed E-state index contributed by atoms with van der Waals surface area (Å²) in [5.41, 5.74) is 0.971. The van der Waals surface area contributed by atoms with Crippen LogP contribution in [-0.2, 0) is 20.8 Å². The van der Waals surface area contributed by atoms with Crippen molar-refractivity contribution in [2.75, 3.05) is 31.9 Å². The summed E-state index contributed by atoms with van der Waals surface area (Å²) >= 11 is 1.15. The zero-order valence-corrected chi connectivity index (χ0v) is 19.7. The Balaban J connectivity index is 1.63. The average molecular weight is 484 g/mol. The molecular formula is C24H25N3O6S. The highest BCUT2D eigenvalue weighted by atomic mass is 32.2. The molecule has 10 heteroatoms. The number of fused-ring (bicyclic) bond motifs is 1. The number of hydrogen-bond acceptors (Lipinski definition) is 8. The van der Waals surface area contributed by atoms with E-state index in [1.165, 1.54) is 20.3 Å². The molecule has 1 N–H and O–H groups in total. The normalized spacial score (nSPS) is 15.3. The Labute approximate surface area is 200 Å². The van der Waals surface area contributed by atoms with Crippen LogP contribution < -0.4 is 15.6 Å². The van der Waals surface area contributed by atoms with E-state index in [0.717, 1.165) is 24.6 Å². The molecular weight excluding hydrogens is 458 g/mol. The first-order valence-corrected chi connectivity index (χ1v) is 11.8. The largest absolute Gasteiger partial charge is 0.495 e. The van der Waals surface area contributed by atoms with E-state index in [2.05, 4.69) is 10.3 Å². The van der Waals surface area contributed by atoms with Gasteiger partial charge in [0.2, 0.25) is 5.91 Å². The summed E-state index contributed by atoms with van der Waals surface area (Å²) in [7, 11) is 2.83. The van der Waals surface area contributed by atoms with Crippen molar-refractivity contribution in [2.24, 2.45) is 0 Å². The average Bonchev–Trinajstić information content (AvgIpc) is 3.37. The number of nitrogens with one attached hydrogen (secondary N) is 1. The SMILES string of the molecule is COC(=O)c1ccc2c(=O)n(C[C@@H]3CCCO3)c(SCC(=O)Nc3ccccc3OC)nc2c1. The molecule has 0 radical (unpaired) electrons. The van der Waals surface area contributed by atoms with Crippen molar-refractivity contribution in [1.82, 2.24) is 9.55 Å². The molecule has 34 heavy (non-hydrogen) atoms. The number of aromatic nitrogens is 2. The van der Waals surface area contributed by atoms with Gasteiger partial charge in [-0.1, -0.05) is 23.9 Å². The summed E-state index contributed by atoms with van der Waals surface area (Å²) in [6.45, 7) is 1.00. The first-order valence-electron chi connectivity index (χ1n) is 10.8. The number of thioether (sulfide) groups is 1.